The third kappa shape index (κ3) is 3.07. The van der Waals surface area contributed by atoms with Crippen molar-refractivity contribution < 1.29 is 9.47 Å². The summed E-state index contributed by atoms with van der Waals surface area (Å²) in [6.45, 7) is 2.14. The summed E-state index contributed by atoms with van der Waals surface area (Å²) < 4.78 is 10.7. The minimum atomic E-state index is 0.743. The fourth-order valence-electron chi connectivity index (χ4n) is 2.34. The van der Waals surface area contributed by atoms with E-state index >= 15 is 0 Å². The van der Waals surface area contributed by atoms with Crippen molar-refractivity contribution in [2.24, 2.45) is 0 Å². The van der Waals surface area contributed by atoms with Crippen LogP contribution in [0.3, 0.4) is 0 Å². The second-order valence-electron chi connectivity index (χ2n) is 4.62. The Bertz CT molecular complexity index is 614. The first-order valence-electron chi connectivity index (χ1n) is 6.99. The van der Waals surface area contributed by atoms with Crippen molar-refractivity contribution in [2.45, 2.75) is 19.8 Å². The molecule has 0 saturated carbocycles. The standard InChI is InChI=1S/C16H21N3O2/c1-5-6-13-15(18-10-19-16(13)17-2)12-8-7-11(20-3)9-14(12)21-4/h7-10H,5-6H2,1-4H3,(H,17,18,19). The van der Waals surface area contributed by atoms with Gasteiger partial charge in [-0.25, -0.2) is 9.97 Å². The maximum Gasteiger partial charge on any atom is 0.132 e. The lowest BCUT2D eigenvalue weighted by Crippen LogP contribution is -2.04. The number of benzene rings is 1. The summed E-state index contributed by atoms with van der Waals surface area (Å²) in [6, 6.07) is 5.75. The Morgan fingerprint density at radius 3 is 2.57 bits per heavy atom. The number of nitrogens with zero attached hydrogens (tertiary/aromatic N) is 2. The molecule has 1 heterocycles. The van der Waals surface area contributed by atoms with Gasteiger partial charge in [-0.05, 0) is 18.6 Å². The van der Waals surface area contributed by atoms with Crippen molar-refractivity contribution in [3.63, 3.8) is 0 Å². The number of anilines is 1. The highest BCUT2D eigenvalue weighted by molar-refractivity contribution is 5.74. The zero-order valence-corrected chi connectivity index (χ0v) is 12.9. The molecule has 1 N–H and O–H groups in total. The average molecular weight is 287 g/mol. The highest BCUT2D eigenvalue weighted by Crippen LogP contribution is 2.35. The van der Waals surface area contributed by atoms with E-state index in [1.54, 1.807) is 20.5 Å². The molecule has 112 valence electrons. The maximum absolute atomic E-state index is 5.49. The minimum Gasteiger partial charge on any atom is -0.497 e. The summed E-state index contributed by atoms with van der Waals surface area (Å²) in [7, 11) is 5.16. The van der Waals surface area contributed by atoms with Gasteiger partial charge in [-0.2, -0.15) is 0 Å². The summed E-state index contributed by atoms with van der Waals surface area (Å²) in [5.74, 6) is 2.36. The molecule has 5 heteroatoms. The number of rotatable bonds is 6. The van der Waals surface area contributed by atoms with Gasteiger partial charge in [0, 0.05) is 24.2 Å². The molecule has 5 nitrogen and oxygen atoms in total. The average Bonchev–Trinajstić information content (AvgIpc) is 2.54. The Labute approximate surface area is 125 Å². The molecule has 0 aliphatic carbocycles. The van der Waals surface area contributed by atoms with Crippen molar-refractivity contribution >= 4 is 5.82 Å². The van der Waals surface area contributed by atoms with E-state index in [0.717, 1.165) is 47.0 Å². The van der Waals surface area contributed by atoms with Crippen LogP contribution < -0.4 is 14.8 Å². The number of hydrogen-bond donors (Lipinski definition) is 1. The molecule has 2 aromatic rings. The SMILES string of the molecule is CCCc1c(NC)ncnc1-c1ccc(OC)cc1OC. The fourth-order valence-corrected chi connectivity index (χ4v) is 2.34. The molecule has 0 spiro atoms. The van der Waals surface area contributed by atoms with E-state index < -0.39 is 0 Å². The molecular weight excluding hydrogens is 266 g/mol. The molecule has 0 unspecified atom stereocenters. The molecule has 0 radical (unpaired) electrons. The molecule has 0 amide bonds. The highest BCUT2D eigenvalue weighted by Gasteiger charge is 2.16. The van der Waals surface area contributed by atoms with Gasteiger partial charge in [-0.3, -0.25) is 0 Å². The lowest BCUT2D eigenvalue weighted by molar-refractivity contribution is 0.395. The second-order valence-corrected chi connectivity index (χ2v) is 4.62. The van der Waals surface area contributed by atoms with Gasteiger partial charge in [0.1, 0.15) is 23.6 Å². The second kappa shape index (κ2) is 6.92. The van der Waals surface area contributed by atoms with Gasteiger partial charge < -0.3 is 14.8 Å². The quantitative estimate of drug-likeness (QED) is 0.884. The van der Waals surface area contributed by atoms with Crippen LogP contribution in [-0.4, -0.2) is 31.2 Å². The first-order valence-corrected chi connectivity index (χ1v) is 6.99. The van der Waals surface area contributed by atoms with Gasteiger partial charge in [0.15, 0.2) is 0 Å². The monoisotopic (exact) mass is 287 g/mol. The number of aromatic nitrogens is 2. The van der Waals surface area contributed by atoms with Crippen molar-refractivity contribution in [1.82, 2.24) is 9.97 Å². The van der Waals surface area contributed by atoms with Gasteiger partial charge >= 0.3 is 0 Å². The first-order chi connectivity index (χ1) is 10.2. The Hall–Kier alpha value is -2.30. The van der Waals surface area contributed by atoms with Crippen molar-refractivity contribution in [3.8, 4) is 22.8 Å². The molecule has 21 heavy (non-hydrogen) atoms. The summed E-state index contributed by atoms with van der Waals surface area (Å²) in [6.07, 6.45) is 3.50. The molecule has 0 bridgehead atoms. The molecule has 0 aliphatic rings. The third-order valence-electron chi connectivity index (χ3n) is 3.35. The summed E-state index contributed by atoms with van der Waals surface area (Å²) >= 11 is 0. The normalized spacial score (nSPS) is 10.3. The van der Waals surface area contributed by atoms with Crippen molar-refractivity contribution in [3.05, 3.63) is 30.1 Å². The fraction of sp³-hybridized carbons (Fsp3) is 0.375. The maximum atomic E-state index is 5.49. The first kappa shape index (κ1) is 15.1. The van der Waals surface area contributed by atoms with Gasteiger partial charge in [-0.1, -0.05) is 13.3 Å². The number of hydrogen-bond acceptors (Lipinski definition) is 5. The largest absolute Gasteiger partial charge is 0.497 e. The summed E-state index contributed by atoms with van der Waals surface area (Å²) in [5, 5.41) is 3.13. The molecule has 0 atom stereocenters. The van der Waals surface area contributed by atoms with E-state index in [-0.39, 0.29) is 0 Å². The van der Waals surface area contributed by atoms with Crippen LogP contribution in [0.15, 0.2) is 24.5 Å². The van der Waals surface area contributed by atoms with Crippen LogP contribution in [-0.2, 0) is 6.42 Å². The van der Waals surface area contributed by atoms with Gasteiger partial charge in [0.05, 0.1) is 19.9 Å². The smallest absolute Gasteiger partial charge is 0.132 e. The lowest BCUT2D eigenvalue weighted by Gasteiger charge is -2.15. The molecule has 1 aromatic carbocycles. The predicted octanol–water partition coefficient (Wildman–Crippen LogP) is 3.16. The van der Waals surface area contributed by atoms with Crippen LogP contribution in [0.25, 0.3) is 11.3 Å². The summed E-state index contributed by atoms with van der Waals surface area (Å²) in [4.78, 5) is 8.77. The number of ether oxygens (including phenoxy) is 2. The third-order valence-corrected chi connectivity index (χ3v) is 3.35. The van der Waals surface area contributed by atoms with E-state index in [1.165, 1.54) is 0 Å². The van der Waals surface area contributed by atoms with E-state index in [9.17, 15) is 0 Å². The molecule has 0 fully saturated rings. The van der Waals surface area contributed by atoms with Gasteiger partial charge in [-0.15, -0.1) is 0 Å². The van der Waals surface area contributed by atoms with E-state index in [4.69, 9.17) is 9.47 Å². The van der Waals surface area contributed by atoms with Crippen LogP contribution in [0, 0.1) is 0 Å². The topological polar surface area (TPSA) is 56.3 Å². The molecule has 0 aliphatic heterocycles. The van der Waals surface area contributed by atoms with Crippen LogP contribution in [0.5, 0.6) is 11.5 Å². The number of methoxy groups -OCH3 is 2. The van der Waals surface area contributed by atoms with E-state index in [1.807, 2.05) is 25.2 Å². The van der Waals surface area contributed by atoms with Gasteiger partial charge in [0.2, 0.25) is 0 Å². The van der Waals surface area contributed by atoms with Crippen molar-refractivity contribution in [2.75, 3.05) is 26.6 Å². The van der Waals surface area contributed by atoms with E-state index in [2.05, 4.69) is 22.2 Å². The van der Waals surface area contributed by atoms with Crippen LogP contribution in [0.2, 0.25) is 0 Å². The number of nitrogens with one attached hydrogen (secondary N) is 1. The van der Waals surface area contributed by atoms with Crippen LogP contribution >= 0.6 is 0 Å². The molecule has 2 rings (SSSR count). The lowest BCUT2D eigenvalue weighted by atomic mass is 10.0. The molecule has 0 saturated heterocycles. The Morgan fingerprint density at radius 1 is 1.14 bits per heavy atom. The summed E-state index contributed by atoms with van der Waals surface area (Å²) in [5.41, 5.74) is 2.95. The Kier molecular flexibility index (Phi) is 4.98. The van der Waals surface area contributed by atoms with Gasteiger partial charge in [0.25, 0.3) is 0 Å². The van der Waals surface area contributed by atoms with Crippen LogP contribution in [0.1, 0.15) is 18.9 Å². The van der Waals surface area contributed by atoms with Crippen LogP contribution in [0.4, 0.5) is 5.82 Å². The Balaban J connectivity index is 2.60. The van der Waals surface area contributed by atoms with Crippen molar-refractivity contribution in [1.29, 1.82) is 0 Å². The highest BCUT2D eigenvalue weighted by atomic mass is 16.5. The predicted molar refractivity (Wildman–Crippen MR) is 84.1 cm³/mol. The molecular formula is C16H21N3O2. The Morgan fingerprint density at radius 2 is 1.95 bits per heavy atom. The zero-order valence-electron chi connectivity index (χ0n) is 12.9. The zero-order chi connectivity index (χ0) is 15.2. The minimum absolute atomic E-state index is 0.743. The van der Waals surface area contributed by atoms with E-state index in [0.29, 0.717) is 0 Å². The molecule has 1 aromatic heterocycles.